The largest absolute Gasteiger partial charge is 0.326 e. The summed E-state index contributed by atoms with van der Waals surface area (Å²) in [4.78, 5) is 25.5. The Hall–Kier alpha value is -2.73. The molecular formula is C22H26FN3O2. The first kappa shape index (κ1) is 20.0. The first-order chi connectivity index (χ1) is 13.5. The average Bonchev–Trinajstić information content (AvgIpc) is 2.66. The highest BCUT2D eigenvalue weighted by atomic mass is 19.1. The second-order valence-electron chi connectivity index (χ2n) is 7.36. The summed E-state index contributed by atoms with van der Waals surface area (Å²) in [6.07, 6.45) is 3.03. The minimum Gasteiger partial charge on any atom is -0.326 e. The third-order valence-electron chi connectivity index (χ3n) is 5.00. The van der Waals surface area contributed by atoms with Crippen molar-refractivity contribution in [1.82, 2.24) is 4.90 Å². The summed E-state index contributed by atoms with van der Waals surface area (Å²) in [5, 5.41) is 5.59. The fourth-order valence-corrected chi connectivity index (χ4v) is 3.55. The molecule has 0 unspecified atom stereocenters. The molecule has 0 radical (unpaired) electrons. The lowest BCUT2D eigenvalue weighted by Crippen LogP contribution is -2.39. The predicted octanol–water partition coefficient (Wildman–Crippen LogP) is 3.68. The van der Waals surface area contributed by atoms with E-state index >= 15 is 0 Å². The molecule has 0 saturated carbocycles. The van der Waals surface area contributed by atoms with Crippen molar-refractivity contribution >= 4 is 23.2 Å². The second-order valence-corrected chi connectivity index (χ2v) is 7.36. The zero-order valence-electron chi connectivity index (χ0n) is 16.1. The number of benzene rings is 2. The predicted molar refractivity (Wildman–Crippen MR) is 109 cm³/mol. The lowest BCUT2D eigenvalue weighted by Gasteiger charge is -2.31. The molecular weight excluding hydrogens is 357 g/mol. The highest BCUT2D eigenvalue weighted by Crippen LogP contribution is 2.22. The van der Waals surface area contributed by atoms with E-state index in [1.807, 2.05) is 12.1 Å². The number of anilines is 2. The van der Waals surface area contributed by atoms with Gasteiger partial charge in [0.1, 0.15) is 5.82 Å². The third-order valence-corrected chi connectivity index (χ3v) is 5.00. The summed E-state index contributed by atoms with van der Waals surface area (Å²) in [5.74, 6) is 0.212. The van der Waals surface area contributed by atoms with Gasteiger partial charge in [0.15, 0.2) is 0 Å². The molecule has 1 aliphatic heterocycles. The molecule has 1 heterocycles. The van der Waals surface area contributed by atoms with Crippen molar-refractivity contribution in [2.75, 3.05) is 30.3 Å². The van der Waals surface area contributed by atoms with E-state index in [0.717, 1.165) is 32.4 Å². The van der Waals surface area contributed by atoms with Crippen molar-refractivity contribution in [3.63, 3.8) is 0 Å². The summed E-state index contributed by atoms with van der Waals surface area (Å²) in [5.41, 5.74) is 2.58. The van der Waals surface area contributed by atoms with E-state index in [4.69, 9.17) is 0 Å². The van der Waals surface area contributed by atoms with Crippen LogP contribution in [0.1, 0.15) is 25.3 Å². The van der Waals surface area contributed by atoms with E-state index in [9.17, 15) is 14.0 Å². The van der Waals surface area contributed by atoms with Crippen molar-refractivity contribution in [1.29, 1.82) is 0 Å². The van der Waals surface area contributed by atoms with Gasteiger partial charge in [-0.05, 0) is 80.2 Å². The van der Waals surface area contributed by atoms with Crippen LogP contribution < -0.4 is 10.6 Å². The second kappa shape index (κ2) is 9.46. The van der Waals surface area contributed by atoms with Crippen molar-refractivity contribution in [2.24, 2.45) is 5.92 Å². The maximum absolute atomic E-state index is 13.0. The van der Waals surface area contributed by atoms with E-state index in [1.165, 1.54) is 24.6 Å². The van der Waals surface area contributed by atoms with Gasteiger partial charge in [0.05, 0.1) is 6.54 Å². The van der Waals surface area contributed by atoms with Crippen molar-refractivity contribution < 1.29 is 14.0 Å². The van der Waals surface area contributed by atoms with Gasteiger partial charge in [0.25, 0.3) is 0 Å². The van der Waals surface area contributed by atoms with Gasteiger partial charge in [-0.3, -0.25) is 14.5 Å². The van der Waals surface area contributed by atoms with Crippen LogP contribution in [0.25, 0.3) is 0 Å². The number of carbonyl (C=O) groups excluding carboxylic acids is 2. The van der Waals surface area contributed by atoms with Gasteiger partial charge in [0.2, 0.25) is 11.8 Å². The zero-order valence-corrected chi connectivity index (χ0v) is 16.1. The van der Waals surface area contributed by atoms with Crippen molar-refractivity contribution in [3.8, 4) is 0 Å². The number of likely N-dealkylation sites (tertiary alicyclic amines) is 1. The van der Waals surface area contributed by atoms with Gasteiger partial charge in [-0.25, -0.2) is 4.39 Å². The quantitative estimate of drug-likeness (QED) is 0.800. The maximum atomic E-state index is 13.0. The molecule has 3 rings (SSSR count). The Morgan fingerprint density at radius 1 is 0.964 bits per heavy atom. The smallest absolute Gasteiger partial charge is 0.238 e. The standard InChI is InChI=1S/C22H26FN3O2/c1-16(27)24-20-6-8-21(9-7-20)25-22(28)15-26-12-10-18(11-13-26)14-17-2-4-19(23)5-3-17/h2-9,18H,10-15H2,1H3,(H,24,27)(H,25,28). The van der Waals surface area contributed by atoms with Crippen LogP contribution in [0.4, 0.5) is 15.8 Å². The molecule has 0 atom stereocenters. The normalized spacial score (nSPS) is 15.2. The van der Waals surface area contributed by atoms with Crippen LogP contribution in [0.5, 0.6) is 0 Å². The Morgan fingerprint density at radius 2 is 1.54 bits per heavy atom. The SMILES string of the molecule is CC(=O)Nc1ccc(NC(=O)CN2CCC(Cc3ccc(F)cc3)CC2)cc1. The molecule has 5 nitrogen and oxygen atoms in total. The monoisotopic (exact) mass is 383 g/mol. The molecule has 2 N–H and O–H groups in total. The lowest BCUT2D eigenvalue weighted by molar-refractivity contribution is -0.117. The number of hydrogen-bond donors (Lipinski definition) is 2. The summed E-state index contributed by atoms with van der Waals surface area (Å²) < 4.78 is 13.0. The van der Waals surface area contributed by atoms with E-state index in [1.54, 1.807) is 24.3 Å². The molecule has 2 amide bonds. The van der Waals surface area contributed by atoms with Gasteiger partial charge in [0, 0.05) is 18.3 Å². The van der Waals surface area contributed by atoms with E-state index < -0.39 is 0 Å². The van der Waals surface area contributed by atoms with Crippen LogP contribution in [-0.2, 0) is 16.0 Å². The highest BCUT2D eigenvalue weighted by Gasteiger charge is 2.21. The number of nitrogens with zero attached hydrogens (tertiary/aromatic N) is 1. The summed E-state index contributed by atoms with van der Waals surface area (Å²) in [6, 6.07) is 13.8. The highest BCUT2D eigenvalue weighted by molar-refractivity contribution is 5.93. The first-order valence-electron chi connectivity index (χ1n) is 9.62. The number of rotatable bonds is 6. The Bertz CT molecular complexity index is 798. The van der Waals surface area contributed by atoms with Gasteiger partial charge in [-0.15, -0.1) is 0 Å². The average molecular weight is 383 g/mol. The number of carbonyl (C=O) groups is 2. The fraction of sp³-hybridized carbons (Fsp3) is 0.364. The number of nitrogens with one attached hydrogen (secondary N) is 2. The Morgan fingerprint density at radius 3 is 2.11 bits per heavy atom. The van der Waals surface area contributed by atoms with Crippen LogP contribution >= 0.6 is 0 Å². The fourth-order valence-electron chi connectivity index (χ4n) is 3.55. The molecule has 2 aromatic carbocycles. The molecule has 6 heteroatoms. The Kier molecular flexibility index (Phi) is 6.76. The van der Waals surface area contributed by atoms with Crippen LogP contribution in [-0.4, -0.2) is 36.3 Å². The summed E-state index contributed by atoms with van der Waals surface area (Å²) >= 11 is 0. The van der Waals surface area contributed by atoms with Crippen molar-refractivity contribution in [2.45, 2.75) is 26.2 Å². The molecule has 0 bridgehead atoms. The summed E-state index contributed by atoms with van der Waals surface area (Å²) in [7, 11) is 0. The van der Waals surface area contributed by atoms with Gasteiger partial charge >= 0.3 is 0 Å². The molecule has 1 aliphatic rings. The first-order valence-corrected chi connectivity index (χ1v) is 9.62. The molecule has 0 aromatic heterocycles. The minimum atomic E-state index is -0.200. The van der Waals surface area contributed by atoms with Crippen LogP contribution in [0, 0.1) is 11.7 Å². The zero-order chi connectivity index (χ0) is 19.9. The molecule has 2 aromatic rings. The lowest BCUT2D eigenvalue weighted by atomic mass is 9.90. The summed E-state index contributed by atoms with van der Waals surface area (Å²) in [6.45, 7) is 3.61. The molecule has 1 saturated heterocycles. The number of amides is 2. The van der Waals surface area contributed by atoms with E-state index in [0.29, 0.717) is 23.8 Å². The van der Waals surface area contributed by atoms with Crippen LogP contribution in [0.2, 0.25) is 0 Å². The van der Waals surface area contributed by atoms with E-state index in [2.05, 4.69) is 15.5 Å². The molecule has 0 aliphatic carbocycles. The minimum absolute atomic E-state index is 0.0377. The van der Waals surface area contributed by atoms with Crippen molar-refractivity contribution in [3.05, 3.63) is 59.9 Å². The Balaban J connectivity index is 1.41. The van der Waals surface area contributed by atoms with Gasteiger partial charge in [-0.1, -0.05) is 12.1 Å². The van der Waals surface area contributed by atoms with E-state index in [-0.39, 0.29) is 17.6 Å². The number of hydrogen-bond acceptors (Lipinski definition) is 3. The third kappa shape index (κ3) is 6.16. The number of halogens is 1. The molecule has 1 fully saturated rings. The number of piperidine rings is 1. The molecule has 0 spiro atoms. The van der Waals surface area contributed by atoms with Gasteiger partial charge < -0.3 is 10.6 Å². The van der Waals surface area contributed by atoms with Crippen LogP contribution in [0.15, 0.2) is 48.5 Å². The molecule has 148 valence electrons. The van der Waals surface area contributed by atoms with Gasteiger partial charge in [-0.2, -0.15) is 0 Å². The topological polar surface area (TPSA) is 61.4 Å². The Labute approximate surface area is 164 Å². The molecule has 28 heavy (non-hydrogen) atoms. The maximum Gasteiger partial charge on any atom is 0.238 e. The van der Waals surface area contributed by atoms with Crippen LogP contribution in [0.3, 0.4) is 0 Å².